The van der Waals surface area contributed by atoms with E-state index in [9.17, 15) is 18.0 Å². The van der Waals surface area contributed by atoms with Crippen LogP contribution in [0.25, 0.3) is 0 Å². The smallest absolute Gasteiger partial charge is 0.405 e. The molecule has 1 aromatic rings. The Morgan fingerprint density at radius 1 is 1.36 bits per heavy atom. The number of halogens is 3. The van der Waals surface area contributed by atoms with E-state index < -0.39 is 6.36 Å². The number of benzene rings is 1. The molecule has 0 aliphatic carbocycles. The number of hydrogen-bond donors (Lipinski definition) is 1. The molecule has 1 aliphatic heterocycles. The first kappa shape index (κ1) is 16.6. The predicted octanol–water partition coefficient (Wildman–Crippen LogP) is 2.69. The summed E-state index contributed by atoms with van der Waals surface area (Å²) in [6.07, 6.45) is -1.98. The van der Waals surface area contributed by atoms with Crippen molar-refractivity contribution in [3.05, 3.63) is 29.8 Å². The molecule has 0 aromatic heterocycles. The molecule has 1 heterocycles. The van der Waals surface area contributed by atoms with Gasteiger partial charge < -0.3 is 15.0 Å². The van der Waals surface area contributed by atoms with Crippen molar-refractivity contribution >= 4 is 5.91 Å². The highest BCUT2D eigenvalue weighted by Gasteiger charge is 2.32. The van der Waals surface area contributed by atoms with Crippen molar-refractivity contribution in [2.45, 2.75) is 38.2 Å². The third-order valence-electron chi connectivity index (χ3n) is 3.59. The second-order valence-electron chi connectivity index (χ2n) is 5.35. The Balaban J connectivity index is 2.04. The molecule has 2 rings (SSSR count). The van der Waals surface area contributed by atoms with Crippen LogP contribution in [0.5, 0.6) is 5.75 Å². The molecular formula is C15H19F3N2O2. The molecule has 1 saturated heterocycles. The van der Waals surface area contributed by atoms with Crippen LogP contribution >= 0.6 is 0 Å². The number of rotatable bonds is 4. The van der Waals surface area contributed by atoms with E-state index in [0.717, 1.165) is 25.8 Å². The Morgan fingerprint density at radius 2 is 2.09 bits per heavy atom. The van der Waals surface area contributed by atoms with Gasteiger partial charge in [-0.3, -0.25) is 4.79 Å². The summed E-state index contributed by atoms with van der Waals surface area (Å²) in [6.45, 7) is 0.862. The number of likely N-dealkylation sites (N-methyl/N-ethyl adjacent to an activating group) is 1. The van der Waals surface area contributed by atoms with Gasteiger partial charge in [0.05, 0.1) is 6.04 Å². The minimum atomic E-state index is -4.75. The lowest BCUT2D eigenvalue weighted by molar-refractivity contribution is -0.275. The molecule has 0 saturated carbocycles. The van der Waals surface area contributed by atoms with E-state index in [1.807, 2.05) is 0 Å². The van der Waals surface area contributed by atoms with Crippen LogP contribution in [0.15, 0.2) is 24.3 Å². The predicted molar refractivity (Wildman–Crippen MR) is 75.2 cm³/mol. The first-order valence-electron chi connectivity index (χ1n) is 7.19. The first-order valence-corrected chi connectivity index (χ1v) is 7.19. The summed E-state index contributed by atoms with van der Waals surface area (Å²) in [5, 5.41) is 3.14. The van der Waals surface area contributed by atoms with Gasteiger partial charge in [-0.15, -0.1) is 13.2 Å². The number of ether oxygens (including phenoxy) is 1. The molecule has 22 heavy (non-hydrogen) atoms. The topological polar surface area (TPSA) is 41.6 Å². The molecule has 0 bridgehead atoms. The van der Waals surface area contributed by atoms with Gasteiger partial charge in [-0.05, 0) is 25.5 Å². The van der Waals surface area contributed by atoms with Crippen LogP contribution in [-0.2, 0) is 11.3 Å². The molecule has 1 N–H and O–H groups in total. The lowest BCUT2D eigenvalue weighted by Crippen LogP contribution is -2.47. The van der Waals surface area contributed by atoms with Crippen LogP contribution < -0.4 is 10.1 Å². The van der Waals surface area contributed by atoms with Crippen LogP contribution in [0.4, 0.5) is 13.2 Å². The van der Waals surface area contributed by atoms with Gasteiger partial charge in [0, 0.05) is 19.2 Å². The minimum Gasteiger partial charge on any atom is -0.405 e. The van der Waals surface area contributed by atoms with Gasteiger partial charge >= 0.3 is 6.36 Å². The number of piperidine rings is 1. The minimum absolute atomic E-state index is 0.0727. The molecule has 7 heteroatoms. The fraction of sp³-hybridized carbons (Fsp3) is 0.533. The Morgan fingerprint density at radius 3 is 2.73 bits per heavy atom. The third kappa shape index (κ3) is 4.62. The molecule has 1 unspecified atom stereocenters. The van der Waals surface area contributed by atoms with Gasteiger partial charge in [0.15, 0.2) is 0 Å². The van der Waals surface area contributed by atoms with Crippen LogP contribution in [0, 0.1) is 0 Å². The quantitative estimate of drug-likeness (QED) is 0.928. The van der Waals surface area contributed by atoms with Crippen LogP contribution in [-0.4, -0.2) is 36.8 Å². The second kappa shape index (κ2) is 7.00. The number of amides is 1. The number of carbonyl (C=O) groups is 1. The van der Waals surface area contributed by atoms with Crippen molar-refractivity contribution in [3.8, 4) is 5.75 Å². The van der Waals surface area contributed by atoms with Crippen molar-refractivity contribution in [1.82, 2.24) is 10.2 Å². The monoisotopic (exact) mass is 316 g/mol. The zero-order valence-corrected chi connectivity index (χ0v) is 12.3. The van der Waals surface area contributed by atoms with Crippen LogP contribution in [0.2, 0.25) is 0 Å². The molecule has 1 amide bonds. The van der Waals surface area contributed by atoms with E-state index in [2.05, 4.69) is 10.1 Å². The van der Waals surface area contributed by atoms with E-state index in [1.165, 1.54) is 23.1 Å². The van der Waals surface area contributed by atoms with Crippen LogP contribution in [0.1, 0.15) is 24.8 Å². The molecule has 0 spiro atoms. The molecule has 1 aliphatic rings. The average molecular weight is 316 g/mol. The van der Waals surface area contributed by atoms with Crippen molar-refractivity contribution in [2.75, 3.05) is 13.6 Å². The maximum Gasteiger partial charge on any atom is 0.573 e. The van der Waals surface area contributed by atoms with Crippen molar-refractivity contribution in [1.29, 1.82) is 0 Å². The second-order valence-corrected chi connectivity index (χ2v) is 5.35. The Bertz CT molecular complexity index is 514. The number of nitrogens with zero attached hydrogens (tertiary/aromatic N) is 1. The van der Waals surface area contributed by atoms with Crippen LogP contribution in [0.3, 0.4) is 0 Å². The fourth-order valence-corrected chi connectivity index (χ4v) is 2.52. The summed E-state index contributed by atoms with van der Waals surface area (Å²) in [7, 11) is 1.59. The molecule has 1 fully saturated rings. The lowest BCUT2D eigenvalue weighted by Gasteiger charge is -2.28. The summed E-state index contributed by atoms with van der Waals surface area (Å²) in [5.41, 5.74) is 0.325. The Kier molecular flexibility index (Phi) is 5.28. The number of carbonyl (C=O) groups excluding carboxylic acids is 1. The van der Waals surface area contributed by atoms with E-state index in [1.54, 1.807) is 13.1 Å². The van der Waals surface area contributed by atoms with E-state index in [4.69, 9.17) is 0 Å². The largest absolute Gasteiger partial charge is 0.573 e. The maximum atomic E-state index is 12.4. The average Bonchev–Trinajstić information content (AvgIpc) is 2.48. The highest BCUT2D eigenvalue weighted by Crippen LogP contribution is 2.27. The molecule has 0 radical (unpaired) electrons. The number of para-hydroxylation sites is 1. The zero-order valence-electron chi connectivity index (χ0n) is 12.3. The van der Waals surface area contributed by atoms with Gasteiger partial charge in [-0.2, -0.15) is 0 Å². The molecule has 4 nitrogen and oxygen atoms in total. The normalized spacial score (nSPS) is 18.8. The first-order chi connectivity index (χ1) is 10.4. The van der Waals surface area contributed by atoms with Gasteiger partial charge in [0.1, 0.15) is 5.75 Å². The van der Waals surface area contributed by atoms with Gasteiger partial charge in [-0.1, -0.05) is 24.6 Å². The SMILES string of the molecule is CN(Cc1ccccc1OC(F)(F)F)C(=O)C1CCCCN1. The van der Waals surface area contributed by atoms with Crippen molar-refractivity contribution < 1.29 is 22.7 Å². The number of alkyl halides is 3. The van der Waals surface area contributed by atoms with Crippen molar-refractivity contribution in [3.63, 3.8) is 0 Å². The molecular weight excluding hydrogens is 297 g/mol. The Hall–Kier alpha value is -1.76. The lowest BCUT2D eigenvalue weighted by atomic mass is 10.0. The fourth-order valence-electron chi connectivity index (χ4n) is 2.52. The molecule has 1 atom stereocenters. The highest BCUT2D eigenvalue weighted by molar-refractivity contribution is 5.81. The number of nitrogens with one attached hydrogen (secondary N) is 1. The third-order valence-corrected chi connectivity index (χ3v) is 3.59. The van der Waals surface area contributed by atoms with E-state index in [-0.39, 0.29) is 24.2 Å². The molecule has 122 valence electrons. The van der Waals surface area contributed by atoms with Gasteiger partial charge in [0.25, 0.3) is 0 Å². The standard InChI is InChI=1S/C15H19F3N2O2/c1-20(14(21)12-7-4-5-9-19-12)10-11-6-2-3-8-13(11)22-15(16,17)18/h2-3,6,8,12,19H,4-5,7,9-10H2,1H3. The summed E-state index contributed by atoms with van der Waals surface area (Å²) < 4.78 is 41.2. The van der Waals surface area contributed by atoms with E-state index >= 15 is 0 Å². The summed E-state index contributed by atoms with van der Waals surface area (Å²) in [5.74, 6) is -0.382. The maximum absolute atomic E-state index is 12.4. The summed E-state index contributed by atoms with van der Waals surface area (Å²) >= 11 is 0. The van der Waals surface area contributed by atoms with Gasteiger partial charge in [0.2, 0.25) is 5.91 Å². The summed E-state index contributed by atoms with van der Waals surface area (Å²) in [4.78, 5) is 13.7. The van der Waals surface area contributed by atoms with Gasteiger partial charge in [-0.25, -0.2) is 0 Å². The van der Waals surface area contributed by atoms with Crippen molar-refractivity contribution in [2.24, 2.45) is 0 Å². The highest BCUT2D eigenvalue weighted by atomic mass is 19.4. The van der Waals surface area contributed by atoms with E-state index in [0.29, 0.717) is 5.56 Å². The Labute approximate surface area is 127 Å². The molecule has 1 aromatic carbocycles. The zero-order chi connectivity index (χ0) is 16.2. The summed E-state index contributed by atoms with van der Waals surface area (Å²) in [6, 6.07) is 5.61. The number of hydrogen-bond acceptors (Lipinski definition) is 3.